The maximum Gasteiger partial charge on any atom is 0.142 e. The Morgan fingerprint density at radius 2 is 2.29 bits per heavy atom. The monoisotopic (exact) mass is 273 g/mol. The first-order valence-electron chi connectivity index (χ1n) is 6.02. The van der Waals surface area contributed by atoms with Gasteiger partial charge < -0.3 is 5.32 Å². The molecule has 0 aromatic heterocycles. The van der Waals surface area contributed by atoms with Crippen molar-refractivity contribution in [1.29, 1.82) is 0 Å². The van der Waals surface area contributed by atoms with Gasteiger partial charge in [0.15, 0.2) is 0 Å². The number of thioether (sulfide) groups is 1. The zero-order valence-electron chi connectivity index (χ0n) is 9.72. The third kappa shape index (κ3) is 4.16. The number of rotatable bonds is 4. The van der Waals surface area contributed by atoms with Crippen LogP contribution in [0.4, 0.5) is 4.39 Å². The van der Waals surface area contributed by atoms with Crippen LogP contribution in [-0.4, -0.2) is 17.5 Å². The molecule has 1 aliphatic heterocycles. The number of hydrogen-bond donors (Lipinski definition) is 1. The van der Waals surface area contributed by atoms with E-state index in [0.717, 1.165) is 17.4 Å². The topological polar surface area (TPSA) is 12.0 Å². The fraction of sp³-hybridized carbons (Fsp3) is 0.538. The number of nitrogens with one attached hydrogen (secondary N) is 1. The number of halogens is 2. The Labute approximate surface area is 111 Å². The van der Waals surface area contributed by atoms with E-state index in [0.29, 0.717) is 6.54 Å². The van der Waals surface area contributed by atoms with Crippen LogP contribution < -0.4 is 5.32 Å². The molecule has 1 saturated heterocycles. The van der Waals surface area contributed by atoms with Gasteiger partial charge >= 0.3 is 0 Å². The van der Waals surface area contributed by atoms with Gasteiger partial charge in [-0.05, 0) is 36.3 Å². The Balaban J connectivity index is 1.75. The van der Waals surface area contributed by atoms with Gasteiger partial charge in [0, 0.05) is 18.3 Å². The Morgan fingerprint density at radius 3 is 3.00 bits per heavy atom. The highest BCUT2D eigenvalue weighted by molar-refractivity contribution is 7.99. The molecule has 4 heteroatoms. The van der Waals surface area contributed by atoms with Gasteiger partial charge in [-0.2, -0.15) is 11.8 Å². The van der Waals surface area contributed by atoms with E-state index in [1.54, 1.807) is 6.07 Å². The predicted molar refractivity (Wildman–Crippen MR) is 73.2 cm³/mol. The summed E-state index contributed by atoms with van der Waals surface area (Å²) in [6.45, 7) is 1.72. The molecule has 0 radical (unpaired) electrons. The zero-order chi connectivity index (χ0) is 12.1. The van der Waals surface area contributed by atoms with E-state index >= 15 is 0 Å². The second kappa shape index (κ2) is 6.62. The van der Waals surface area contributed by atoms with Gasteiger partial charge in [-0.15, -0.1) is 0 Å². The van der Waals surface area contributed by atoms with Crippen LogP contribution in [0.3, 0.4) is 0 Å². The summed E-state index contributed by atoms with van der Waals surface area (Å²) in [5, 5.41) is 4.30. The maximum absolute atomic E-state index is 13.2. The van der Waals surface area contributed by atoms with E-state index < -0.39 is 0 Å². The van der Waals surface area contributed by atoms with Crippen molar-refractivity contribution >= 4 is 23.4 Å². The van der Waals surface area contributed by atoms with Crippen LogP contribution in [-0.2, 0) is 6.54 Å². The number of hydrogen-bond acceptors (Lipinski definition) is 2. The Hall–Kier alpha value is -0.250. The lowest BCUT2D eigenvalue weighted by Crippen LogP contribution is -2.26. The summed E-state index contributed by atoms with van der Waals surface area (Å²) < 4.78 is 13.2. The summed E-state index contributed by atoms with van der Waals surface area (Å²) in [6, 6.07) is 4.99. The lowest BCUT2D eigenvalue weighted by Gasteiger charge is -2.21. The minimum Gasteiger partial charge on any atom is -0.312 e. The summed E-state index contributed by atoms with van der Waals surface area (Å²) in [5.41, 5.74) is 0.952. The molecule has 0 spiro atoms. The normalized spacial score (nSPS) is 20.5. The van der Waals surface area contributed by atoms with Crippen molar-refractivity contribution in [3.05, 3.63) is 34.6 Å². The van der Waals surface area contributed by atoms with Gasteiger partial charge in [0.25, 0.3) is 0 Å². The molecular weight excluding hydrogens is 257 g/mol. The Bertz CT molecular complexity index is 366. The van der Waals surface area contributed by atoms with E-state index in [4.69, 9.17) is 11.6 Å². The molecule has 0 amide bonds. The maximum atomic E-state index is 13.2. The van der Waals surface area contributed by atoms with Gasteiger partial charge in [-0.25, -0.2) is 4.39 Å². The summed E-state index contributed by atoms with van der Waals surface area (Å²) >= 11 is 7.68. The minimum atomic E-state index is -0.335. The molecule has 0 saturated carbocycles. The molecule has 1 aromatic carbocycles. The Kier molecular flexibility index (Phi) is 5.14. The molecule has 1 nitrogen and oxygen atoms in total. The molecule has 1 aliphatic rings. The van der Waals surface area contributed by atoms with Crippen LogP contribution in [0.15, 0.2) is 18.2 Å². The average molecular weight is 274 g/mol. The molecule has 94 valence electrons. The van der Waals surface area contributed by atoms with Crippen LogP contribution >= 0.6 is 23.4 Å². The van der Waals surface area contributed by atoms with Crippen molar-refractivity contribution in [2.24, 2.45) is 0 Å². The van der Waals surface area contributed by atoms with Crippen LogP contribution in [0.2, 0.25) is 5.02 Å². The summed E-state index contributed by atoms with van der Waals surface area (Å²) in [4.78, 5) is 0. The molecule has 1 fully saturated rings. The predicted octanol–water partition coefficient (Wildman–Crippen LogP) is 3.85. The molecule has 1 unspecified atom stereocenters. The van der Waals surface area contributed by atoms with Crippen molar-refractivity contribution in [3.8, 4) is 0 Å². The van der Waals surface area contributed by atoms with E-state index in [1.807, 2.05) is 17.8 Å². The lowest BCUT2D eigenvalue weighted by atomic mass is 10.2. The highest BCUT2D eigenvalue weighted by atomic mass is 35.5. The lowest BCUT2D eigenvalue weighted by molar-refractivity contribution is 0.592. The molecular formula is C13H17ClFNS. The second-order valence-corrected chi connectivity index (χ2v) is 6.18. The fourth-order valence-electron chi connectivity index (χ4n) is 2.00. The summed E-state index contributed by atoms with van der Waals surface area (Å²) in [7, 11) is 0. The first kappa shape index (κ1) is 13.2. The molecule has 17 heavy (non-hydrogen) atoms. The molecule has 2 rings (SSSR count). The second-order valence-electron chi connectivity index (χ2n) is 4.37. The van der Waals surface area contributed by atoms with Crippen LogP contribution in [0.5, 0.6) is 0 Å². The van der Waals surface area contributed by atoms with Gasteiger partial charge in [-0.1, -0.05) is 24.1 Å². The van der Waals surface area contributed by atoms with E-state index in [-0.39, 0.29) is 10.8 Å². The summed E-state index contributed by atoms with van der Waals surface area (Å²) in [5.74, 6) is 0.945. The molecule has 1 N–H and O–H groups in total. The molecule has 0 bridgehead atoms. The third-order valence-electron chi connectivity index (χ3n) is 2.96. The van der Waals surface area contributed by atoms with Gasteiger partial charge in [-0.3, -0.25) is 0 Å². The molecule has 1 atom stereocenters. The Morgan fingerprint density at radius 1 is 1.41 bits per heavy atom. The van der Waals surface area contributed by atoms with Gasteiger partial charge in [0.05, 0.1) is 5.02 Å². The van der Waals surface area contributed by atoms with E-state index in [9.17, 15) is 4.39 Å². The highest BCUT2D eigenvalue weighted by Gasteiger charge is 2.13. The first-order chi connectivity index (χ1) is 8.25. The van der Waals surface area contributed by atoms with Crippen LogP contribution in [0.1, 0.15) is 24.8 Å². The van der Waals surface area contributed by atoms with Crippen molar-refractivity contribution in [2.45, 2.75) is 31.1 Å². The van der Waals surface area contributed by atoms with Crippen molar-refractivity contribution in [1.82, 2.24) is 5.32 Å². The van der Waals surface area contributed by atoms with Crippen molar-refractivity contribution < 1.29 is 4.39 Å². The summed E-state index contributed by atoms with van der Waals surface area (Å²) in [6.07, 6.45) is 3.99. The van der Waals surface area contributed by atoms with Gasteiger partial charge in [0.2, 0.25) is 0 Å². The smallest absolute Gasteiger partial charge is 0.142 e. The molecule has 1 aromatic rings. The van der Waals surface area contributed by atoms with E-state index in [2.05, 4.69) is 5.32 Å². The van der Waals surface area contributed by atoms with Crippen molar-refractivity contribution in [3.63, 3.8) is 0 Å². The quantitative estimate of drug-likeness (QED) is 0.894. The average Bonchev–Trinajstić information content (AvgIpc) is 2.35. The van der Waals surface area contributed by atoms with Crippen LogP contribution in [0.25, 0.3) is 0 Å². The molecule has 0 aliphatic carbocycles. The SMILES string of the molecule is Fc1cc(CNCC2CCCCS2)ccc1Cl. The van der Waals surface area contributed by atoms with E-state index in [1.165, 1.54) is 31.1 Å². The molecule has 1 heterocycles. The fourth-order valence-corrected chi connectivity index (χ4v) is 3.39. The first-order valence-corrected chi connectivity index (χ1v) is 7.44. The third-order valence-corrected chi connectivity index (χ3v) is 4.66. The van der Waals surface area contributed by atoms with Gasteiger partial charge in [0.1, 0.15) is 5.82 Å². The van der Waals surface area contributed by atoms with Crippen LogP contribution in [0, 0.1) is 5.82 Å². The minimum absolute atomic E-state index is 0.191. The zero-order valence-corrected chi connectivity index (χ0v) is 11.3. The number of benzene rings is 1. The standard InChI is InChI=1S/C13H17ClFNS/c14-12-5-4-10(7-13(12)15)8-16-9-11-3-1-2-6-17-11/h4-5,7,11,16H,1-3,6,8-9H2. The highest BCUT2D eigenvalue weighted by Crippen LogP contribution is 2.24. The van der Waals surface area contributed by atoms with Crippen molar-refractivity contribution in [2.75, 3.05) is 12.3 Å². The largest absolute Gasteiger partial charge is 0.312 e.